The Morgan fingerprint density at radius 1 is 1.42 bits per heavy atom. The molecule has 0 atom stereocenters. The molecule has 0 bridgehead atoms. The van der Waals surface area contributed by atoms with Gasteiger partial charge >= 0.3 is 4.87 Å². The summed E-state index contributed by atoms with van der Waals surface area (Å²) >= 11 is 9.49. The van der Waals surface area contributed by atoms with Gasteiger partial charge < -0.3 is 14.5 Å². The molecule has 1 aromatic carbocycles. The molecular formula is C11H7BrFN3OS2. The average molecular weight is 360 g/mol. The molecular weight excluding hydrogens is 353 g/mol. The summed E-state index contributed by atoms with van der Waals surface area (Å²) in [7, 11) is 0. The molecule has 8 heteroatoms. The van der Waals surface area contributed by atoms with Crippen molar-refractivity contribution in [2.45, 2.75) is 6.54 Å². The molecule has 0 aliphatic carbocycles. The largest absolute Gasteiger partial charge is 0.330 e. The van der Waals surface area contributed by atoms with E-state index in [4.69, 9.17) is 12.2 Å². The molecule has 4 nitrogen and oxygen atoms in total. The number of thiazole rings is 1. The van der Waals surface area contributed by atoms with Crippen molar-refractivity contribution in [1.82, 2.24) is 14.5 Å². The van der Waals surface area contributed by atoms with Gasteiger partial charge in [0.05, 0.1) is 22.1 Å². The zero-order chi connectivity index (χ0) is 13.6. The maximum atomic E-state index is 13.5. The zero-order valence-corrected chi connectivity index (χ0v) is 12.6. The summed E-state index contributed by atoms with van der Waals surface area (Å²) < 4.78 is 16.1. The number of fused-ring (bicyclic) bond motifs is 1. The molecule has 0 saturated heterocycles. The van der Waals surface area contributed by atoms with Crippen molar-refractivity contribution in [3.8, 4) is 0 Å². The fourth-order valence-electron chi connectivity index (χ4n) is 1.87. The van der Waals surface area contributed by atoms with Crippen LogP contribution in [0, 0.1) is 10.6 Å². The fourth-order valence-corrected chi connectivity index (χ4v) is 3.05. The first-order valence-corrected chi connectivity index (χ1v) is 7.37. The number of hydrogen-bond donors (Lipinski definition) is 2. The topological polar surface area (TPSA) is 53.6 Å². The molecule has 0 aliphatic heterocycles. The molecule has 0 radical (unpaired) electrons. The third kappa shape index (κ3) is 2.31. The summed E-state index contributed by atoms with van der Waals surface area (Å²) in [5.41, 5.74) is 2.18. The van der Waals surface area contributed by atoms with Crippen molar-refractivity contribution < 1.29 is 4.39 Å². The molecule has 2 heterocycles. The quantitative estimate of drug-likeness (QED) is 0.689. The highest BCUT2D eigenvalue weighted by Crippen LogP contribution is 2.23. The number of imidazole rings is 1. The van der Waals surface area contributed by atoms with Crippen LogP contribution in [-0.4, -0.2) is 14.5 Å². The summed E-state index contributed by atoms with van der Waals surface area (Å²) in [6.45, 7) is 0.440. The van der Waals surface area contributed by atoms with E-state index in [9.17, 15) is 9.18 Å². The summed E-state index contributed by atoms with van der Waals surface area (Å²) in [6, 6.07) is 3.06. The Labute approximate surface area is 124 Å². The second-order valence-electron chi connectivity index (χ2n) is 3.97. The molecule has 0 spiro atoms. The Hall–Kier alpha value is -1.25. The predicted octanol–water partition coefficient (Wildman–Crippen LogP) is 3.40. The number of aromatic nitrogens is 3. The number of nitrogens with zero attached hydrogens (tertiary/aromatic N) is 1. The van der Waals surface area contributed by atoms with Gasteiger partial charge in [-0.25, -0.2) is 4.39 Å². The van der Waals surface area contributed by atoms with E-state index in [1.165, 1.54) is 6.07 Å². The SMILES string of the molecule is O=c1[nH]c(Cn2c(=S)[nH]c3cc(F)c(Br)cc32)cs1. The second kappa shape index (κ2) is 4.69. The standard InChI is InChI=1S/C11H7BrFN3OS2/c12-6-1-9-8(2-7(6)13)15-10(18)16(9)3-5-4-19-11(17)14-5/h1-2,4H,3H2,(H,14,17)(H,15,18). The molecule has 19 heavy (non-hydrogen) atoms. The van der Waals surface area contributed by atoms with E-state index in [1.54, 1.807) is 11.4 Å². The molecule has 0 aliphatic rings. The number of aromatic amines is 2. The highest BCUT2D eigenvalue weighted by molar-refractivity contribution is 9.10. The van der Waals surface area contributed by atoms with Gasteiger partial charge in [-0.05, 0) is 34.2 Å². The van der Waals surface area contributed by atoms with E-state index in [0.717, 1.165) is 22.5 Å². The lowest BCUT2D eigenvalue weighted by molar-refractivity contribution is 0.622. The van der Waals surface area contributed by atoms with Gasteiger partial charge in [0.25, 0.3) is 0 Å². The van der Waals surface area contributed by atoms with Crippen molar-refractivity contribution in [2.75, 3.05) is 0 Å². The lowest BCUT2D eigenvalue weighted by atomic mass is 10.3. The Morgan fingerprint density at radius 3 is 2.89 bits per heavy atom. The van der Waals surface area contributed by atoms with Crippen LogP contribution in [-0.2, 0) is 6.54 Å². The fraction of sp³-hybridized carbons (Fsp3) is 0.0909. The Kier molecular flexibility index (Phi) is 3.15. The van der Waals surface area contributed by atoms with Gasteiger partial charge in [-0.3, -0.25) is 4.79 Å². The van der Waals surface area contributed by atoms with E-state index in [1.807, 2.05) is 4.57 Å². The maximum absolute atomic E-state index is 13.5. The minimum atomic E-state index is -0.347. The van der Waals surface area contributed by atoms with Crippen LogP contribution in [0.25, 0.3) is 11.0 Å². The number of rotatable bonds is 2. The first-order valence-electron chi connectivity index (χ1n) is 5.29. The average Bonchev–Trinajstić information content (AvgIpc) is 2.87. The summed E-state index contributed by atoms with van der Waals surface area (Å²) in [4.78, 5) is 16.7. The van der Waals surface area contributed by atoms with Gasteiger partial charge in [-0.2, -0.15) is 0 Å². The van der Waals surface area contributed by atoms with Crippen LogP contribution in [0.15, 0.2) is 26.8 Å². The normalized spacial score (nSPS) is 11.3. The van der Waals surface area contributed by atoms with Gasteiger partial charge in [0.2, 0.25) is 0 Å². The van der Waals surface area contributed by atoms with Crippen LogP contribution in [0.2, 0.25) is 0 Å². The molecule has 0 unspecified atom stereocenters. The molecule has 98 valence electrons. The van der Waals surface area contributed by atoms with Crippen LogP contribution in [0.5, 0.6) is 0 Å². The van der Waals surface area contributed by atoms with Crippen molar-refractivity contribution >= 4 is 50.5 Å². The van der Waals surface area contributed by atoms with Gasteiger partial charge in [-0.15, -0.1) is 0 Å². The van der Waals surface area contributed by atoms with E-state index in [-0.39, 0.29) is 10.7 Å². The predicted molar refractivity (Wildman–Crippen MR) is 78.8 cm³/mol. The Balaban J connectivity index is 2.17. The van der Waals surface area contributed by atoms with Crippen LogP contribution < -0.4 is 4.87 Å². The lowest BCUT2D eigenvalue weighted by Gasteiger charge is -2.03. The van der Waals surface area contributed by atoms with Crippen LogP contribution in [0.4, 0.5) is 4.39 Å². The van der Waals surface area contributed by atoms with E-state index < -0.39 is 0 Å². The van der Waals surface area contributed by atoms with Crippen LogP contribution in [0.1, 0.15) is 5.69 Å². The zero-order valence-electron chi connectivity index (χ0n) is 9.37. The molecule has 0 fully saturated rings. The lowest BCUT2D eigenvalue weighted by Crippen LogP contribution is -2.03. The molecule has 0 saturated carbocycles. The molecule has 0 amide bonds. The van der Waals surface area contributed by atoms with Crippen molar-refractivity contribution in [3.05, 3.63) is 47.9 Å². The highest BCUT2D eigenvalue weighted by Gasteiger charge is 2.10. The number of hydrogen-bond acceptors (Lipinski definition) is 3. The number of halogens is 2. The van der Waals surface area contributed by atoms with E-state index >= 15 is 0 Å². The highest BCUT2D eigenvalue weighted by atomic mass is 79.9. The minimum absolute atomic E-state index is 0.103. The number of benzene rings is 1. The number of H-pyrrole nitrogens is 2. The van der Waals surface area contributed by atoms with Crippen molar-refractivity contribution in [2.24, 2.45) is 0 Å². The summed E-state index contributed by atoms with van der Waals surface area (Å²) in [6.07, 6.45) is 0. The molecule has 2 aromatic heterocycles. The van der Waals surface area contributed by atoms with Crippen LogP contribution >= 0.6 is 39.5 Å². The third-order valence-corrected chi connectivity index (χ3v) is 4.36. The van der Waals surface area contributed by atoms with Gasteiger partial charge in [-0.1, -0.05) is 11.3 Å². The van der Waals surface area contributed by atoms with E-state index in [0.29, 0.717) is 21.3 Å². The number of nitrogens with one attached hydrogen (secondary N) is 2. The Morgan fingerprint density at radius 2 is 2.21 bits per heavy atom. The Bertz CT molecular complexity index is 876. The van der Waals surface area contributed by atoms with Crippen molar-refractivity contribution in [3.63, 3.8) is 0 Å². The van der Waals surface area contributed by atoms with Crippen molar-refractivity contribution in [1.29, 1.82) is 0 Å². The molecule has 2 N–H and O–H groups in total. The smallest absolute Gasteiger partial charge is 0.304 e. The van der Waals surface area contributed by atoms with E-state index in [2.05, 4.69) is 25.9 Å². The second-order valence-corrected chi connectivity index (χ2v) is 6.06. The van der Waals surface area contributed by atoms with Crippen LogP contribution in [0.3, 0.4) is 0 Å². The van der Waals surface area contributed by atoms with Gasteiger partial charge in [0.15, 0.2) is 4.77 Å². The van der Waals surface area contributed by atoms with Gasteiger partial charge in [0, 0.05) is 17.1 Å². The monoisotopic (exact) mass is 359 g/mol. The molecule has 3 aromatic rings. The van der Waals surface area contributed by atoms with Gasteiger partial charge in [0.1, 0.15) is 5.82 Å². The third-order valence-electron chi connectivity index (χ3n) is 2.72. The maximum Gasteiger partial charge on any atom is 0.304 e. The summed E-state index contributed by atoms with van der Waals surface area (Å²) in [5, 5.41) is 1.75. The minimum Gasteiger partial charge on any atom is -0.330 e. The summed E-state index contributed by atoms with van der Waals surface area (Å²) in [5.74, 6) is -0.347. The first kappa shape index (κ1) is 12.8. The molecule has 3 rings (SSSR count). The first-order chi connectivity index (χ1) is 9.04.